The number of aryl methyl sites for hydroxylation is 1. The van der Waals surface area contributed by atoms with E-state index < -0.39 is 0 Å². The molecule has 1 aromatic heterocycles. The van der Waals surface area contributed by atoms with Gasteiger partial charge in [0.2, 0.25) is 0 Å². The molecule has 3 heterocycles. The van der Waals surface area contributed by atoms with Gasteiger partial charge in [-0.2, -0.15) is 0 Å². The van der Waals surface area contributed by atoms with Gasteiger partial charge in [0, 0.05) is 24.0 Å². The number of nitrogens with zero attached hydrogens (tertiary/aromatic N) is 2. The lowest BCUT2D eigenvalue weighted by Crippen LogP contribution is -2.38. The molecular weight excluding hydrogens is 338 g/mol. The van der Waals surface area contributed by atoms with Gasteiger partial charge in [-0.15, -0.1) is 23.7 Å². The molecule has 24 heavy (non-hydrogen) atoms. The minimum Gasteiger partial charge on any atom is -0.317 e. The van der Waals surface area contributed by atoms with Crippen LogP contribution >= 0.6 is 23.7 Å². The zero-order valence-electron chi connectivity index (χ0n) is 14.3. The standard InChI is InChI=1S/C19H25N3S.ClH/c1-15-2-4-16(5-3-15)18-21-17(13-23-18)12-22-11-8-19(14-22)6-9-20-10-7-19;/h2-5,13,20H,6-12,14H2,1H3;1H. The molecule has 2 aromatic rings. The predicted octanol–water partition coefficient (Wildman–Crippen LogP) is 4.12. The number of aromatic nitrogens is 1. The Bertz CT molecular complexity index is 662. The molecule has 0 atom stereocenters. The molecule has 2 saturated heterocycles. The third-order valence-corrected chi connectivity index (χ3v) is 6.36. The summed E-state index contributed by atoms with van der Waals surface area (Å²) < 4.78 is 0. The van der Waals surface area contributed by atoms with E-state index >= 15 is 0 Å². The van der Waals surface area contributed by atoms with Crippen LogP contribution in [0, 0.1) is 12.3 Å². The number of nitrogens with one attached hydrogen (secondary N) is 1. The van der Waals surface area contributed by atoms with Crippen molar-refractivity contribution < 1.29 is 0 Å². The van der Waals surface area contributed by atoms with Gasteiger partial charge in [-0.1, -0.05) is 29.8 Å². The first-order valence-electron chi connectivity index (χ1n) is 8.67. The first-order chi connectivity index (χ1) is 11.2. The van der Waals surface area contributed by atoms with E-state index in [9.17, 15) is 0 Å². The second kappa shape index (κ2) is 7.52. The summed E-state index contributed by atoms with van der Waals surface area (Å²) in [5.41, 5.74) is 4.36. The van der Waals surface area contributed by atoms with Crippen LogP contribution in [0.4, 0.5) is 0 Å². The smallest absolute Gasteiger partial charge is 0.123 e. The van der Waals surface area contributed by atoms with Crippen LogP contribution in [0.2, 0.25) is 0 Å². The summed E-state index contributed by atoms with van der Waals surface area (Å²) in [6, 6.07) is 8.69. The first kappa shape index (κ1) is 17.9. The van der Waals surface area contributed by atoms with Gasteiger partial charge < -0.3 is 5.32 Å². The number of thiazole rings is 1. The van der Waals surface area contributed by atoms with E-state index in [2.05, 4.69) is 46.8 Å². The summed E-state index contributed by atoms with van der Waals surface area (Å²) in [4.78, 5) is 7.48. The lowest BCUT2D eigenvalue weighted by molar-refractivity contribution is 0.193. The quantitative estimate of drug-likeness (QED) is 0.889. The summed E-state index contributed by atoms with van der Waals surface area (Å²) in [6.07, 6.45) is 4.05. The van der Waals surface area contributed by atoms with E-state index in [1.54, 1.807) is 11.3 Å². The maximum Gasteiger partial charge on any atom is 0.123 e. The van der Waals surface area contributed by atoms with Crippen molar-refractivity contribution in [1.82, 2.24) is 15.2 Å². The molecule has 0 amide bonds. The highest BCUT2D eigenvalue weighted by Crippen LogP contribution is 2.39. The number of halogens is 1. The van der Waals surface area contributed by atoms with E-state index in [0.717, 1.165) is 11.6 Å². The third-order valence-electron chi connectivity index (χ3n) is 5.42. The zero-order chi connectivity index (χ0) is 15.7. The summed E-state index contributed by atoms with van der Waals surface area (Å²) in [5.74, 6) is 0. The van der Waals surface area contributed by atoms with Crippen LogP contribution in [0.1, 0.15) is 30.5 Å². The third kappa shape index (κ3) is 3.83. The average molecular weight is 364 g/mol. The van der Waals surface area contributed by atoms with Crippen molar-refractivity contribution in [3.8, 4) is 10.6 Å². The lowest BCUT2D eigenvalue weighted by Gasteiger charge is -2.33. The zero-order valence-corrected chi connectivity index (χ0v) is 15.9. The molecule has 2 aliphatic heterocycles. The maximum atomic E-state index is 4.87. The predicted molar refractivity (Wildman–Crippen MR) is 104 cm³/mol. The molecule has 1 N–H and O–H groups in total. The van der Waals surface area contributed by atoms with Gasteiger partial charge in [0.25, 0.3) is 0 Å². The molecule has 0 aliphatic carbocycles. The largest absolute Gasteiger partial charge is 0.317 e. The SMILES string of the molecule is Cc1ccc(-c2nc(CN3CCC4(CCNCC4)C3)cs2)cc1.Cl. The van der Waals surface area contributed by atoms with Crippen LogP contribution in [0.15, 0.2) is 29.6 Å². The molecule has 2 aliphatic rings. The van der Waals surface area contributed by atoms with Crippen molar-refractivity contribution in [3.63, 3.8) is 0 Å². The molecule has 2 fully saturated rings. The Balaban J connectivity index is 0.00000169. The van der Waals surface area contributed by atoms with Gasteiger partial charge >= 0.3 is 0 Å². The van der Waals surface area contributed by atoms with Crippen LogP contribution < -0.4 is 5.32 Å². The fourth-order valence-electron chi connectivity index (χ4n) is 3.97. The van der Waals surface area contributed by atoms with E-state index in [1.165, 1.54) is 62.3 Å². The Morgan fingerprint density at radius 1 is 1.17 bits per heavy atom. The van der Waals surface area contributed by atoms with Crippen LogP contribution in [0.3, 0.4) is 0 Å². The van der Waals surface area contributed by atoms with Gasteiger partial charge in [0.05, 0.1) is 5.69 Å². The molecule has 1 spiro atoms. The van der Waals surface area contributed by atoms with E-state index in [-0.39, 0.29) is 12.4 Å². The number of piperidine rings is 1. The van der Waals surface area contributed by atoms with Crippen LogP contribution in [0.5, 0.6) is 0 Å². The lowest BCUT2D eigenvalue weighted by atomic mass is 9.78. The van der Waals surface area contributed by atoms with Gasteiger partial charge in [-0.05, 0) is 51.2 Å². The number of likely N-dealkylation sites (tertiary alicyclic amines) is 1. The van der Waals surface area contributed by atoms with Crippen molar-refractivity contribution in [1.29, 1.82) is 0 Å². The minimum atomic E-state index is 0. The summed E-state index contributed by atoms with van der Waals surface area (Å²) in [5, 5.41) is 6.88. The number of benzene rings is 1. The summed E-state index contributed by atoms with van der Waals surface area (Å²) in [7, 11) is 0. The molecular formula is C19H26ClN3S. The summed E-state index contributed by atoms with van der Waals surface area (Å²) >= 11 is 1.77. The van der Waals surface area contributed by atoms with Gasteiger partial charge in [0.15, 0.2) is 0 Å². The molecule has 3 nitrogen and oxygen atoms in total. The van der Waals surface area contributed by atoms with Crippen molar-refractivity contribution in [2.24, 2.45) is 5.41 Å². The van der Waals surface area contributed by atoms with Gasteiger partial charge in [-0.25, -0.2) is 4.98 Å². The Hall–Kier alpha value is -0.940. The van der Waals surface area contributed by atoms with E-state index in [1.807, 2.05) is 0 Å². The molecule has 0 saturated carbocycles. The van der Waals surface area contributed by atoms with E-state index in [4.69, 9.17) is 4.98 Å². The second-order valence-corrected chi connectivity index (χ2v) is 8.08. The maximum absolute atomic E-state index is 4.87. The Kier molecular flexibility index (Phi) is 5.60. The van der Waals surface area contributed by atoms with Gasteiger partial charge in [-0.3, -0.25) is 4.90 Å². The van der Waals surface area contributed by atoms with Gasteiger partial charge in [0.1, 0.15) is 5.01 Å². The topological polar surface area (TPSA) is 28.2 Å². The molecule has 0 unspecified atom stereocenters. The fourth-order valence-corrected chi connectivity index (χ4v) is 4.78. The summed E-state index contributed by atoms with van der Waals surface area (Å²) in [6.45, 7) is 8.02. The Labute approximate surface area is 154 Å². The number of hydrogen-bond acceptors (Lipinski definition) is 4. The molecule has 4 rings (SSSR count). The van der Waals surface area contributed by atoms with Crippen LogP contribution in [0.25, 0.3) is 10.6 Å². The molecule has 1 aromatic carbocycles. The molecule has 0 bridgehead atoms. The normalized spacial score (nSPS) is 20.2. The minimum absolute atomic E-state index is 0. The van der Waals surface area contributed by atoms with Crippen molar-refractivity contribution >= 4 is 23.7 Å². The van der Waals surface area contributed by atoms with Crippen molar-refractivity contribution in [2.75, 3.05) is 26.2 Å². The van der Waals surface area contributed by atoms with E-state index in [0.29, 0.717) is 5.41 Å². The Morgan fingerprint density at radius 2 is 1.92 bits per heavy atom. The van der Waals surface area contributed by atoms with Crippen LogP contribution in [-0.4, -0.2) is 36.1 Å². The highest BCUT2D eigenvalue weighted by molar-refractivity contribution is 7.13. The molecule has 5 heteroatoms. The highest BCUT2D eigenvalue weighted by atomic mass is 35.5. The molecule has 130 valence electrons. The molecule has 0 radical (unpaired) electrons. The second-order valence-electron chi connectivity index (χ2n) is 7.22. The average Bonchev–Trinajstić information content (AvgIpc) is 3.17. The highest BCUT2D eigenvalue weighted by Gasteiger charge is 2.38. The van der Waals surface area contributed by atoms with Crippen molar-refractivity contribution in [2.45, 2.75) is 32.7 Å². The van der Waals surface area contributed by atoms with Crippen LogP contribution in [-0.2, 0) is 6.54 Å². The van der Waals surface area contributed by atoms with Crippen molar-refractivity contribution in [3.05, 3.63) is 40.9 Å². The fraction of sp³-hybridized carbons (Fsp3) is 0.526. The monoisotopic (exact) mass is 363 g/mol. The Morgan fingerprint density at radius 3 is 2.67 bits per heavy atom. The number of hydrogen-bond donors (Lipinski definition) is 1. The first-order valence-corrected chi connectivity index (χ1v) is 9.55. The number of rotatable bonds is 3.